The van der Waals surface area contributed by atoms with E-state index in [1.807, 2.05) is 43.9 Å². The van der Waals surface area contributed by atoms with E-state index in [1.165, 1.54) is 0 Å². The molecule has 2 aliphatic rings. The highest BCUT2D eigenvalue weighted by atomic mass is 16.6. The van der Waals surface area contributed by atoms with Crippen molar-refractivity contribution in [3.8, 4) is 5.75 Å². The highest BCUT2D eigenvalue weighted by Gasteiger charge is 2.39. The standard InChI is InChI=1S/C26H36N2O7/c1-26(2,3)35-25(30)27-9-13-34-23(17-27)24(29)28(19-6-7-19)16-18-14-21(32-11-5-10-31-4)20-8-12-33-22(20)15-18/h8,12,14-15,19,23H,5-7,9-11,13,16-17H2,1-4H3/t23-/m1/s1. The number of ether oxygens (including phenoxy) is 4. The second-order valence-electron chi connectivity index (χ2n) is 10.1. The summed E-state index contributed by atoms with van der Waals surface area (Å²) in [6, 6.07) is 5.98. The van der Waals surface area contributed by atoms with E-state index in [1.54, 1.807) is 18.3 Å². The number of rotatable bonds is 9. The molecule has 2 fully saturated rings. The van der Waals surface area contributed by atoms with Crippen molar-refractivity contribution in [2.75, 3.05) is 40.0 Å². The van der Waals surface area contributed by atoms with Gasteiger partial charge in [-0.15, -0.1) is 0 Å². The van der Waals surface area contributed by atoms with Gasteiger partial charge in [0.25, 0.3) is 5.91 Å². The summed E-state index contributed by atoms with van der Waals surface area (Å²) in [5, 5.41) is 0.902. The van der Waals surface area contributed by atoms with Crippen molar-refractivity contribution in [1.29, 1.82) is 0 Å². The Labute approximate surface area is 206 Å². The Hall–Kier alpha value is -2.78. The maximum absolute atomic E-state index is 13.5. The molecule has 4 rings (SSSR count). The van der Waals surface area contributed by atoms with E-state index in [4.69, 9.17) is 23.4 Å². The van der Waals surface area contributed by atoms with Crippen molar-refractivity contribution in [3.63, 3.8) is 0 Å². The number of carbonyl (C=O) groups is 2. The van der Waals surface area contributed by atoms with Crippen molar-refractivity contribution in [1.82, 2.24) is 9.80 Å². The van der Waals surface area contributed by atoms with Gasteiger partial charge in [-0.1, -0.05) is 0 Å². The van der Waals surface area contributed by atoms with Crippen LogP contribution in [0, 0.1) is 0 Å². The third-order valence-corrected chi connectivity index (χ3v) is 5.96. The molecule has 0 spiro atoms. The minimum atomic E-state index is -0.714. The fraction of sp³-hybridized carbons (Fsp3) is 0.615. The molecule has 1 saturated carbocycles. The van der Waals surface area contributed by atoms with Crippen LogP contribution in [0.3, 0.4) is 0 Å². The average molecular weight is 489 g/mol. The molecule has 1 aliphatic carbocycles. The molecular weight excluding hydrogens is 452 g/mol. The third kappa shape index (κ3) is 6.67. The molecule has 0 unspecified atom stereocenters. The molecule has 1 aromatic heterocycles. The number of fused-ring (bicyclic) bond motifs is 1. The zero-order chi connectivity index (χ0) is 25.0. The van der Waals surface area contributed by atoms with Crippen LogP contribution in [0.25, 0.3) is 11.0 Å². The summed E-state index contributed by atoms with van der Waals surface area (Å²) in [4.78, 5) is 29.5. The van der Waals surface area contributed by atoms with Gasteiger partial charge >= 0.3 is 6.09 Å². The number of carbonyl (C=O) groups excluding carboxylic acids is 2. The molecule has 2 heterocycles. The van der Waals surface area contributed by atoms with Crippen molar-refractivity contribution in [3.05, 3.63) is 30.0 Å². The largest absolute Gasteiger partial charge is 0.493 e. The first-order valence-electron chi connectivity index (χ1n) is 12.3. The van der Waals surface area contributed by atoms with Crippen LogP contribution in [0.1, 0.15) is 45.6 Å². The maximum atomic E-state index is 13.5. The van der Waals surface area contributed by atoms with Gasteiger partial charge in [-0.3, -0.25) is 4.79 Å². The quantitative estimate of drug-likeness (QED) is 0.493. The van der Waals surface area contributed by atoms with Crippen LogP contribution in [0.2, 0.25) is 0 Å². The molecule has 1 aromatic carbocycles. The molecule has 1 atom stereocenters. The predicted octanol–water partition coefficient (Wildman–Crippen LogP) is 3.98. The lowest BCUT2D eigenvalue weighted by atomic mass is 10.1. The number of benzene rings is 1. The van der Waals surface area contributed by atoms with Gasteiger partial charge in [0.2, 0.25) is 0 Å². The van der Waals surface area contributed by atoms with Crippen LogP contribution >= 0.6 is 0 Å². The van der Waals surface area contributed by atoms with Gasteiger partial charge in [0, 0.05) is 39.3 Å². The number of nitrogens with zero attached hydrogens (tertiary/aromatic N) is 2. The number of hydrogen-bond acceptors (Lipinski definition) is 7. The first kappa shape index (κ1) is 25.3. The summed E-state index contributed by atoms with van der Waals surface area (Å²) >= 11 is 0. The Kier molecular flexibility index (Phi) is 7.86. The highest BCUT2D eigenvalue weighted by molar-refractivity contribution is 5.86. The average Bonchev–Trinajstić information content (AvgIpc) is 3.55. The van der Waals surface area contributed by atoms with Gasteiger partial charge in [0.15, 0.2) is 6.10 Å². The molecule has 0 radical (unpaired) electrons. The summed E-state index contributed by atoms with van der Waals surface area (Å²) in [5.74, 6) is 0.624. The fourth-order valence-electron chi connectivity index (χ4n) is 4.13. The van der Waals surface area contributed by atoms with Crippen LogP contribution in [0.5, 0.6) is 5.75 Å². The van der Waals surface area contributed by atoms with E-state index in [9.17, 15) is 9.59 Å². The highest BCUT2D eigenvalue weighted by Crippen LogP contribution is 2.33. The molecule has 2 aromatic rings. The minimum absolute atomic E-state index is 0.108. The molecule has 1 saturated heterocycles. The van der Waals surface area contributed by atoms with Crippen molar-refractivity contribution < 1.29 is 33.0 Å². The van der Waals surface area contributed by atoms with E-state index in [0.29, 0.717) is 32.9 Å². The molecule has 35 heavy (non-hydrogen) atoms. The molecular formula is C26H36N2O7. The topological polar surface area (TPSA) is 90.7 Å². The predicted molar refractivity (Wildman–Crippen MR) is 129 cm³/mol. The van der Waals surface area contributed by atoms with E-state index >= 15 is 0 Å². The lowest BCUT2D eigenvalue weighted by molar-refractivity contribution is -0.150. The van der Waals surface area contributed by atoms with Gasteiger partial charge in [0.1, 0.15) is 16.9 Å². The van der Waals surface area contributed by atoms with Crippen LogP contribution in [0.15, 0.2) is 28.9 Å². The van der Waals surface area contributed by atoms with Gasteiger partial charge in [-0.05, 0) is 57.4 Å². The first-order valence-corrected chi connectivity index (χ1v) is 12.3. The molecule has 0 N–H and O–H groups in total. The second-order valence-corrected chi connectivity index (χ2v) is 10.1. The molecule has 192 valence electrons. The SMILES string of the molecule is COCCCOc1cc(CN(C(=O)[C@H]2CN(C(=O)OC(C)(C)C)CCO2)C2CC2)cc2occc12. The van der Waals surface area contributed by atoms with Crippen LogP contribution in [-0.2, 0) is 25.5 Å². The zero-order valence-corrected chi connectivity index (χ0v) is 21.1. The summed E-state index contributed by atoms with van der Waals surface area (Å²) < 4.78 is 28.1. The van der Waals surface area contributed by atoms with E-state index in [-0.39, 0.29) is 18.5 Å². The number of hydrogen-bond donors (Lipinski definition) is 0. The van der Waals surface area contributed by atoms with Crippen molar-refractivity contribution in [2.24, 2.45) is 0 Å². The minimum Gasteiger partial charge on any atom is -0.493 e. The summed E-state index contributed by atoms with van der Waals surface area (Å²) in [7, 11) is 1.67. The van der Waals surface area contributed by atoms with E-state index in [0.717, 1.165) is 41.5 Å². The fourth-order valence-corrected chi connectivity index (χ4v) is 4.13. The van der Waals surface area contributed by atoms with Crippen LogP contribution in [0.4, 0.5) is 4.79 Å². The van der Waals surface area contributed by atoms with Gasteiger partial charge in [-0.25, -0.2) is 4.79 Å². The Bertz CT molecular complexity index is 1020. The smallest absolute Gasteiger partial charge is 0.410 e. The number of morpholine rings is 1. The van der Waals surface area contributed by atoms with Crippen LogP contribution in [-0.4, -0.2) is 79.6 Å². The van der Waals surface area contributed by atoms with Crippen molar-refractivity contribution in [2.45, 2.75) is 64.3 Å². The lowest BCUT2D eigenvalue weighted by Gasteiger charge is -2.36. The van der Waals surface area contributed by atoms with Gasteiger partial charge in [-0.2, -0.15) is 0 Å². The Balaban J connectivity index is 1.46. The van der Waals surface area contributed by atoms with E-state index in [2.05, 4.69) is 0 Å². The Morgan fingerprint density at radius 2 is 2.00 bits per heavy atom. The molecule has 9 nitrogen and oxygen atoms in total. The monoisotopic (exact) mass is 488 g/mol. The number of furan rings is 1. The molecule has 9 heteroatoms. The van der Waals surface area contributed by atoms with Gasteiger partial charge < -0.3 is 33.2 Å². The molecule has 2 amide bonds. The number of methoxy groups -OCH3 is 1. The summed E-state index contributed by atoms with van der Waals surface area (Å²) in [6.07, 6.45) is 3.19. The first-order chi connectivity index (χ1) is 16.7. The second kappa shape index (κ2) is 10.9. The Morgan fingerprint density at radius 3 is 2.71 bits per heavy atom. The summed E-state index contributed by atoms with van der Waals surface area (Å²) in [6.45, 7) is 7.94. The van der Waals surface area contributed by atoms with Crippen LogP contribution < -0.4 is 4.74 Å². The normalized spacial score (nSPS) is 18.5. The van der Waals surface area contributed by atoms with Crippen molar-refractivity contribution >= 4 is 23.0 Å². The zero-order valence-electron chi connectivity index (χ0n) is 21.1. The van der Waals surface area contributed by atoms with Gasteiger partial charge in [0.05, 0.1) is 31.4 Å². The third-order valence-electron chi connectivity index (χ3n) is 5.96. The molecule has 0 bridgehead atoms. The molecule has 1 aliphatic heterocycles. The van der Waals surface area contributed by atoms with E-state index < -0.39 is 17.8 Å². The maximum Gasteiger partial charge on any atom is 0.410 e. The Morgan fingerprint density at radius 1 is 1.20 bits per heavy atom. The summed E-state index contributed by atoms with van der Waals surface area (Å²) in [5.41, 5.74) is 1.05. The lowest BCUT2D eigenvalue weighted by Crippen LogP contribution is -2.53. The number of amides is 2.